The Morgan fingerprint density at radius 2 is 1.79 bits per heavy atom. The molecule has 1 aliphatic heterocycles. The van der Waals surface area contributed by atoms with Gasteiger partial charge in [-0.25, -0.2) is 19.0 Å². The number of hydrogen-bond donors (Lipinski definition) is 3. The Balaban J connectivity index is 0.00000433. The molecule has 47 heavy (non-hydrogen) atoms. The van der Waals surface area contributed by atoms with Crippen LogP contribution in [0.25, 0.3) is 27.8 Å². The molecule has 5 aromatic rings. The molecule has 14 heteroatoms. The first-order chi connectivity index (χ1) is 22.0. The smallest absolute Gasteiger partial charge is 0.419 e. The van der Waals surface area contributed by atoms with Gasteiger partial charge in [-0.05, 0) is 48.6 Å². The van der Waals surface area contributed by atoms with E-state index in [1.54, 1.807) is 17.2 Å². The summed E-state index contributed by atoms with van der Waals surface area (Å²) in [7, 11) is 0. The van der Waals surface area contributed by atoms with Gasteiger partial charge >= 0.3 is 12.1 Å². The summed E-state index contributed by atoms with van der Waals surface area (Å²) >= 11 is 0. The number of nitrogens with zero attached hydrogens (tertiary/aromatic N) is 5. The van der Waals surface area contributed by atoms with Gasteiger partial charge < -0.3 is 20.3 Å². The molecule has 0 bridgehead atoms. The fourth-order valence-electron chi connectivity index (χ4n) is 6.08. The van der Waals surface area contributed by atoms with Crippen LogP contribution in [0.15, 0.2) is 48.9 Å². The molecule has 1 aliphatic rings. The van der Waals surface area contributed by atoms with E-state index in [9.17, 15) is 23.1 Å². The molecule has 6 rings (SSSR count). The van der Waals surface area contributed by atoms with Crippen molar-refractivity contribution in [1.82, 2.24) is 30.0 Å². The minimum Gasteiger partial charge on any atom is -0.480 e. The highest BCUT2D eigenvalue weighted by atomic mass is 35.5. The fourth-order valence-corrected chi connectivity index (χ4v) is 6.08. The number of para-hydroxylation sites is 1. The van der Waals surface area contributed by atoms with Crippen LogP contribution < -0.4 is 10.2 Å². The Hall–Kier alpha value is -4.49. The quantitative estimate of drug-likeness (QED) is 0.151. The number of hydrogen-bond acceptors (Lipinski definition) is 6. The average Bonchev–Trinajstić information content (AvgIpc) is 3.68. The van der Waals surface area contributed by atoms with Gasteiger partial charge in [0.15, 0.2) is 0 Å². The van der Waals surface area contributed by atoms with Gasteiger partial charge in [-0.2, -0.15) is 18.3 Å². The van der Waals surface area contributed by atoms with Gasteiger partial charge in [0.2, 0.25) is 5.95 Å². The SMILES string of the molecule is CCc1cccc(CC)c1-n1nc2c(c1-c1c(F)cc(CN[C@@H](C)C(=O)O)c3[nH]ccc13)CN(c1ncc(C(F)(F)F)cn1)CC2.Cl. The molecule has 3 N–H and O–H groups in total. The number of aryl methyl sites for hydroxylation is 2. The molecule has 0 radical (unpaired) electrons. The Labute approximate surface area is 274 Å². The van der Waals surface area contributed by atoms with E-state index in [0.29, 0.717) is 53.5 Å². The number of anilines is 1. The summed E-state index contributed by atoms with van der Waals surface area (Å²) in [6.07, 6.45) is 0.577. The number of aliphatic carboxylic acids is 1. The molecule has 0 unspecified atom stereocenters. The summed E-state index contributed by atoms with van der Waals surface area (Å²) in [5.41, 5.74) is 5.59. The van der Waals surface area contributed by atoms with Gasteiger partial charge in [0.1, 0.15) is 11.9 Å². The first-order valence-corrected chi connectivity index (χ1v) is 15.1. The monoisotopic (exact) mass is 671 g/mol. The Morgan fingerprint density at radius 3 is 2.40 bits per heavy atom. The van der Waals surface area contributed by atoms with E-state index < -0.39 is 29.6 Å². The number of nitrogens with one attached hydrogen (secondary N) is 2. The molecule has 0 spiro atoms. The number of rotatable bonds is 9. The third kappa shape index (κ3) is 6.29. The summed E-state index contributed by atoms with van der Waals surface area (Å²) < 4.78 is 58.0. The minimum atomic E-state index is -4.56. The van der Waals surface area contributed by atoms with Crippen LogP contribution in [0.1, 0.15) is 54.3 Å². The number of benzene rings is 2. The minimum absolute atomic E-state index is 0. The zero-order valence-electron chi connectivity index (χ0n) is 26.0. The van der Waals surface area contributed by atoms with Gasteiger partial charge in [0.25, 0.3) is 0 Å². The molecule has 2 aromatic carbocycles. The summed E-state index contributed by atoms with van der Waals surface area (Å²) in [5.74, 6) is -1.38. The Bertz CT molecular complexity index is 1900. The van der Waals surface area contributed by atoms with Crippen molar-refractivity contribution in [1.29, 1.82) is 0 Å². The van der Waals surface area contributed by atoms with Gasteiger partial charge in [0.05, 0.1) is 28.2 Å². The lowest BCUT2D eigenvalue weighted by Crippen LogP contribution is -2.33. The maximum atomic E-state index is 16.6. The van der Waals surface area contributed by atoms with Crippen LogP contribution in [0.4, 0.5) is 23.5 Å². The van der Waals surface area contributed by atoms with E-state index in [0.717, 1.165) is 40.5 Å². The number of H-pyrrole nitrogens is 1. The van der Waals surface area contributed by atoms with Crippen LogP contribution in [0.2, 0.25) is 0 Å². The summed E-state index contributed by atoms with van der Waals surface area (Å²) in [5, 5.41) is 17.9. The molecule has 4 heterocycles. The number of aromatic nitrogens is 5. The highest BCUT2D eigenvalue weighted by Crippen LogP contribution is 2.41. The van der Waals surface area contributed by atoms with Crippen LogP contribution in [-0.4, -0.2) is 48.4 Å². The predicted molar refractivity (Wildman–Crippen MR) is 173 cm³/mol. The van der Waals surface area contributed by atoms with Crippen molar-refractivity contribution >= 4 is 35.2 Å². The molecule has 1 atom stereocenters. The molecule has 0 aliphatic carbocycles. The standard InChI is InChI=1S/C33H33F4N7O2.ClH/c1-4-19-7-6-8-20(5-2)29(19)44-30(27-23-9-11-38-28(23)21(13-25(27)34)14-39-18(3)31(45)46)24-17-43(12-10-26(24)42-44)32-40-15-22(16-41-32)33(35,36)37;/h6-9,11,13,15-16,18,38-39H,4-5,10,12,14,17H2,1-3H3,(H,45,46);1H/t18-;/m0./s1. The van der Waals surface area contributed by atoms with Crippen LogP contribution in [0, 0.1) is 5.82 Å². The molecule has 0 fully saturated rings. The van der Waals surface area contributed by atoms with Crippen LogP contribution in [0.5, 0.6) is 0 Å². The molecular formula is C33H34ClF4N7O2. The largest absolute Gasteiger partial charge is 0.480 e. The second kappa shape index (κ2) is 13.3. The van der Waals surface area contributed by atoms with E-state index in [1.165, 1.54) is 13.0 Å². The number of halogens is 5. The second-order valence-electron chi connectivity index (χ2n) is 11.4. The third-order valence-corrected chi connectivity index (χ3v) is 8.54. The number of carbonyl (C=O) groups is 1. The van der Waals surface area contributed by atoms with Crippen LogP contribution >= 0.6 is 12.4 Å². The zero-order valence-corrected chi connectivity index (χ0v) is 26.8. The number of fused-ring (bicyclic) bond motifs is 2. The lowest BCUT2D eigenvalue weighted by molar-refractivity contribution is -0.139. The summed E-state index contributed by atoms with van der Waals surface area (Å²) in [6, 6.07) is 8.42. The van der Waals surface area contributed by atoms with Gasteiger partial charge in [-0.1, -0.05) is 32.0 Å². The molecule has 3 aromatic heterocycles. The van der Waals surface area contributed by atoms with Crippen molar-refractivity contribution in [3.8, 4) is 16.9 Å². The Morgan fingerprint density at radius 1 is 1.11 bits per heavy atom. The van der Waals surface area contributed by atoms with Crippen molar-refractivity contribution in [2.24, 2.45) is 0 Å². The maximum absolute atomic E-state index is 16.6. The van der Waals surface area contributed by atoms with Gasteiger partial charge in [-0.15, -0.1) is 12.4 Å². The first kappa shape index (κ1) is 33.9. The zero-order chi connectivity index (χ0) is 32.7. The lowest BCUT2D eigenvalue weighted by Gasteiger charge is -2.27. The number of carboxylic acid groups (broad SMARTS) is 1. The molecule has 248 valence electrons. The summed E-state index contributed by atoms with van der Waals surface area (Å²) in [6.45, 7) is 6.37. The molecule has 0 amide bonds. The van der Waals surface area contributed by atoms with E-state index in [4.69, 9.17) is 5.10 Å². The van der Waals surface area contributed by atoms with Gasteiger partial charge in [0, 0.05) is 61.2 Å². The first-order valence-electron chi connectivity index (χ1n) is 15.1. The van der Waals surface area contributed by atoms with E-state index in [-0.39, 0.29) is 31.4 Å². The summed E-state index contributed by atoms with van der Waals surface area (Å²) in [4.78, 5) is 24.4. The normalized spacial score (nSPS) is 13.8. The lowest BCUT2D eigenvalue weighted by atomic mass is 9.95. The highest BCUT2D eigenvalue weighted by molar-refractivity contribution is 5.98. The molecule has 0 saturated carbocycles. The highest BCUT2D eigenvalue weighted by Gasteiger charge is 2.34. The van der Waals surface area contributed by atoms with Crippen molar-refractivity contribution < 1.29 is 27.5 Å². The topological polar surface area (TPSA) is 112 Å². The van der Waals surface area contributed by atoms with Crippen molar-refractivity contribution in [3.63, 3.8) is 0 Å². The average molecular weight is 672 g/mol. The molecule has 0 saturated heterocycles. The number of aromatic amines is 1. The fraction of sp³-hybridized carbons (Fsp3) is 0.333. The van der Waals surface area contributed by atoms with Crippen LogP contribution in [-0.2, 0) is 43.3 Å². The molecule has 9 nitrogen and oxygen atoms in total. The maximum Gasteiger partial charge on any atom is 0.419 e. The Kier molecular flexibility index (Phi) is 9.60. The predicted octanol–water partition coefficient (Wildman–Crippen LogP) is 6.64. The number of alkyl halides is 3. The molecular weight excluding hydrogens is 638 g/mol. The van der Waals surface area contributed by atoms with Crippen LogP contribution in [0.3, 0.4) is 0 Å². The second-order valence-corrected chi connectivity index (χ2v) is 11.4. The van der Waals surface area contributed by atoms with Crippen molar-refractivity contribution in [2.75, 3.05) is 11.4 Å². The van der Waals surface area contributed by atoms with E-state index >= 15 is 4.39 Å². The third-order valence-electron chi connectivity index (χ3n) is 8.54. The number of carboxylic acids is 1. The van der Waals surface area contributed by atoms with Crippen molar-refractivity contribution in [3.05, 3.63) is 88.3 Å². The van der Waals surface area contributed by atoms with E-state index in [1.807, 2.05) is 22.9 Å². The van der Waals surface area contributed by atoms with E-state index in [2.05, 4.69) is 34.1 Å². The van der Waals surface area contributed by atoms with Gasteiger partial charge in [-0.3, -0.25) is 4.79 Å². The van der Waals surface area contributed by atoms with Crippen molar-refractivity contribution in [2.45, 2.75) is 65.3 Å².